The highest BCUT2D eigenvalue weighted by atomic mass is 15.0. The number of aromatic nitrogens is 2. The van der Waals surface area contributed by atoms with Crippen LogP contribution in [0.2, 0.25) is 0 Å². The van der Waals surface area contributed by atoms with Crippen LogP contribution in [-0.4, -0.2) is 9.13 Å². The van der Waals surface area contributed by atoms with Crippen LogP contribution in [0.1, 0.15) is 35.7 Å². The number of hydrogen-bond acceptors (Lipinski definition) is 0. The number of benzene rings is 4. The van der Waals surface area contributed by atoms with E-state index in [1.54, 1.807) is 0 Å². The molecule has 0 radical (unpaired) electrons. The zero-order valence-corrected chi connectivity index (χ0v) is 21.2. The summed E-state index contributed by atoms with van der Waals surface area (Å²) in [6.07, 6.45) is 15.0. The SMILES string of the molecule is C1=Cc2c(c3ccccc3n2C2C=CC(c3ccc(-n4c5ccccc5c5ccccc54)cc3)=CC2)CC1. The van der Waals surface area contributed by atoms with Crippen LogP contribution in [-0.2, 0) is 6.42 Å². The number of hydrogen-bond donors (Lipinski definition) is 0. The van der Waals surface area contributed by atoms with E-state index in [0.717, 1.165) is 19.3 Å². The maximum Gasteiger partial charge on any atom is 0.0560 e. The molecule has 0 aliphatic heterocycles. The van der Waals surface area contributed by atoms with Crippen molar-refractivity contribution in [1.29, 1.82) is 0 Å². The molecule has 0 fully saturated rings. The largest absolute Gasteiger partial charge is 0.333 e. The molecule has 2 nitrogen and oxygen atoms in total. The molecule has 2 aliphatic carbocycles. The molecule has 2 aromatic heterocycles. The number of nitrogens with zero attached hydrogens (tertiary/aromatic N) is 2. The van der Waals surface area contributed by atoms with Gasteiger partial charge < -0.3 is 9.13 Å². The van der Waals surface area contributed by atoms with Crippen molar-refractivity contribution < 1.29 is 0 Å². The zero-order chi connectivity index (χ0) is 25.1. The Kier molecular flexibility index (Phi) is 4.81. The van der Waals surface area contributed by atoms with E-state index in [0.29, 0.717) is 6.04 Å². The Labute approximate surface area is 222 Å². The predicted molar refractivity (Wildman–Crippen MR) is 161 cm³/mol. The minimum atomic E-state index is 0.340. The van der Waals surface area contributed by atoms with Crippen LogP contribution < -0.4 is 0 Å². The van der Waals surface area contributed by atoms with E-state index in [9.17, 15) is 0 Å². The smallest absolute Gasteiger partial charge is 0.0560 e. The van der Waals surface area contributed by atoms with Crippen LogP contribution in [0.5, 0.6) is 0 Å². The average Bonchev–Trinajstić information content (AvgIpc) is 3.51. The summed E-state index contributed by atoms with van der Waals surface area (Å²) < 4.78 is 4.93. The molecule has 0 amide bonds. The highest BCUT2D eigenvalue weighted by molar-refractivity contribution is 6.09. The number of allylic oxidation sites excluding steroid dienone is 5. The van der Waals surface area contributed by atoms with Gasteiger partial charge in [-0.05, 0) is 72.4 Å². The van der Waals surface area contributed by atoms with Gasteiger partial charge >= 0.3 is 0 Å². The fourth-order valence-corrected chi connectivity index (χ4v) is 6.59. The normalized spacial score (nSPS) is 16.8. The fraction of sp³-hybridized carbons (Fsp3) is 0.111. The number of aryl methyl sites for hydroxylation is 1. The summed E-state index contributed by atoms with van der Waals surface area (Å²) in [4.78, 5) is 0. The summed E-state index contributed by atoms with van der Waals surface area (Å²) in [6, 6.07) is 35.7. The molecular formula is C36H28N2. The van der Waals surface area contributed by atoms with Gasteiger partial charge in [-0.1, -0.05) is 91.0 Å². The maximum absolute atomic E-state index is 2.55. The monoisotopic (exact) mass is 488 g/mol. The molecule has 1 unspecified atom stereocenters. The molecule has 0 N–H and O–H groups in total. The second-order valence-electron chi connectivity index (χ2n) is 10.4. The third-order valence-electron chi connectivity index (χ3n) is 8.34. The second-order valence-corrected chi connectivity index (χ2v) is 10.4. The van der Waals surface area contributed by atoms with Crippen molar-refractivity contribution in [2.24, 2.45) is 0 Å². The van der Waals surface area contributed by atoms with E-state index in [1.165, 1.54) is 60.8 Å². The lowest BCUT2D eigenvalue weighted by molar-refractivity contribution is 0.622. The molecule has 6 aromatic rings. The van der Waals surface area contributed by atoms with Crippen molar-refractivity contribution in [2.45, 2.75) is 25.3 Å². The lowest BCUT2D eigenvalue weighted by atomic mass is 9.96. The maximum atomic E-state index is 2.55. The van der Waals surface area contributed by atoms with Crippen LogP contribution >= 0.6 is 0 Å². The summed E-state index contributed by atoms with van der Waals surface area (Å²) in [5.74, 6) is 0. The topological polar surface area (TPSA) is 9.86 Å². The lowest BCUT2D eigenvalue weighted by Gasteiger charge is -2.22. The van der Waals surface area contributed by atoms with Crippen LogP contribution in [0.15, 0.2) is 121 Å². The molecule has 1 atom stereocenters. The molecule has 0 saturated heterocycles. The van der Waals surface area contributed by atoms with E-state index in [1.807, 2.05) is 0 Å². The van der Waals surface area contributed by atoms with Crippen molar-refractivity contribution in [1.82, 2.24) is 9.13 Å². The fourth-order valence-electron chi connectivity index (χ4n) is 6.59. The van der Waals surface area contributed by atoms with Gasteiger partial charge in [0.2, 0.25) is 0 Å². The quantitative estimate of drug-likeness (QED) is 0.235. The summed E-state index contributed by atoms with van der Waals surface area (Å²) in [7, 11) is 0. The number of rotatable bonds is 3. The number of para-hydroxylation sites is 3. The van der Waals surface area contributed by atoms with Crippen molar-refractivity contribution in [3.05, 3.63) is 138 Å². The van der Waals surface area contributed by atoms with Crippen molar-refractivity contribution in [2.75, 3.05) is 0 Å². The van der Waals surface area contributed by atoms with Gasteiger partial charge in [-0.2, -0.15) is 0 Å². The van der Waals surface area contributed by atoms with E-state index in [4.69, 9.17) is 0 Å². The number of fused-ring (bicyclic) bond motifs is 6. The second kappa shape index (κ2) is 8.49. The first-order valence-electron chi connectivity index (χ1n) is 13.6. The first kappa shape index (κ1) is 21.5. The summed E-state index contributed by atoms with van der Waals surface area (Å²) in [5.41, 5.74) is 10.5. The Morgan fingerprint density at radius 1 is 0.632 bits per heavy atom. The molecule has 0 spiro atoms. The standard InChI is InChI=1S/C36H28N2/c1-5-13-33-29(9-1)30-10-2-6-14-34(30)37(33)27-21-17-25(18-22-27)26-19-23-28(24-20-26)38-35-15-7-3-11-31(35)32-12-4-8-16-36(32)38/h1-3,5-11,13-23,28H,4,12,24H2. The van der Waals surface area contributed by atoms with Gasteiger partial charge in [0.15, 0.2) is 0 Å². The Hall–Kier alpha value is -4.56. The van der Waals surface area contributed by atoms with Gasteiger partial charge in [-0.25, -0.2) is 0 Å². The summed E-state index contributed by atoms with van der Waals surface area (Å²) >= 11 is 0. The third-order valence-corrected chi connectivity index (χ3v) is 8.34. The van der Waals surface area contributed by atoms with Gasteiger partial charge in [-0.15, -0.1) is 0 Å². The van der Waals surface area contributed by atoms with Crippen LogP contribution in [0, 0.1) is 0 Å². The Bertz CT molecular complexity index is 1890. The van der Waals surface area contributed by atoms with Crippen molar-refractivity contribution >= 4 is 44.4 Å². The first-order chi connectivity index (χ1) is 18.9. The van der Waals surface area contributed by atoms with E-state index < -0.39 is 0 Å². The Balaban J connectivity index is 1.13. The molecule has 0 bridgehead atoms. The summed E-state index contributed by atoms with van der Waals surface area (Å²) in [6.45, 7) is 0. The van der Waals surface area contributed by atoms with Crippen molar-refractivity contribution in [3.8, 4) is 5.69 Å². The molecule has 182 valence electrons. The molecular weight excluding hydrogens is 460 g/mol. The van der Waals surface area contributed by atoms with Crippen LogP contribution in [0.4, 0.5) is 0 Å². The van der Waals surface area contributed by atoms with Gasteiger partial charge in [0.25, 0.3) is 0 Å². The average molecular weight is 489 g/mol. The summed E-state index contributed by atoms with van der Waals surface area (Å²) in [5, 5.41) is 4.01. The third kappa shape index (κ3) is 3.20. The van der Waals surface area contributed by atoms with Crippen LogP contribution in [0.3, 0.4) is 0 Å². The molecule has 8 rings (SSSR count). The van der Waals surface area contributed by atoms with Crippen molar-refractivity contribution in [3.63, 3.8) is 0 Å². The first-order valence-corrected chi connectivity index (χ1v) is 13.6. The van der Waals surface area contributed by atoms with Gasteiger partial charge in [0, 0.05) is 33.1 Å². The van der Waals surface area contributed by atoms with E-state index >= 15 is 0 Å². The molecule has 38 heavy (non-hydrogen) atoms. The highest BCUT2D eigenvalue weighted by Gasteiger charge is 2.22. The molecule has 0 saturated carbocycles. The Morgan fingerprint density at radius 2 is 1.29 bits per heavy atom. The lowest BCUT2D eigenvalue weighted by Crippen LogP contribution is -2.11. The Morgan fingerprint density at radius 3 is 1.97 bits per heavy atom. The molecule has 4 aromatic carbocycles. The van der Waals surface area contributed by atoms with Gasteiger partial charge in [0.1, 0.15) is 0 Å². The molecule has 2 aliphatic rings. The van der Waals surface area contributed by atoms with Gasteiger partial charge in [0.05, 0.1) is 17.1 Å². The molecule has 2 heteroatoms. The molecule has 2 heterocycles. The zero-order valence-electron chi connectivity index (χ0n) is 21.2. The minimum Gasteiger partial charge on any atom is -0.333 e. The minimum absolute atomic E-state index is 0.340. The highest BCUT2D eigenvalue weighted by Crippen LogP contribution is 2.38. The van der Waals surface area contributed by atoms with E-state index in [-0.39, 0.29) is 0 Å². The van der Waals surface area contributed by atoms with Crippen LogP contribution in [0.25, 0.3) is 50.0 Å². The van der Waals surface area contributed by atoms with Gasteiger partial charge in [-0.3, -0.25) is 0 Å². The predicted octanol–water partition coefficient (Wildman–Crippen LogP) is 9.28. The van der Waals surface area contributed by atoms with E-state index in [2.05, 4.69) is 137 Å².